The lowest BCUT2D eigenvalue weighted by Gasteiger charge is -2.21. The molecule has 1 rings (SSSR count). The number of hydrogen-bond donors (Lipinski definition) is 0. The molecule has 0 N–H and O–H groups in total. The Balaban J connectivity index is 3.26. The molecule has 0 aliphatic heterocycles. The first-order valence-electron chi connectivity index (χ1n) is 7.96. The highest BCUT2D eigenvalue weighted by Crippen LogP contribution is 2.40. The number of rotatable bonds is 8. The van der Waals surface area contributed by atoms with Crippen LogP contribution in [0, 0.1) is 5.92 Å². The standard InChI is InChI=1S/C18H30O3/c1-8-19-16-10-15(9-12(2)3)11-17(20-13(4)5)18(16)21-14(6)7/h10-14H,8-9H2,1-7H3. The highest BCUT2D eigenvalue weighted by Gasteiger charge is 2.18. The van der Waals surface area contributed by atoms with Gasteiger partial charge < -0.3 is 14.2 Å². The molecule has 0 aromatic heterocycles. The minimum Gasteiger partial charge on any atom is -0.490 e. The van der Waals surface area contributed by atoms with Crippen molar-refractivity contribution in [2.24, 2.45) is 5.92 Å². The summed E-state index contributed by atoms with van der Waals surface area (Å²) in [6.07, 6.45) is 1.18. The van der Waals surface area contributed by atoms with Gasteiger partial charge in [-0.25, -0.2) is 0 Å². The van der Waals surface area contributed by atoms with Crippen LogP contribution in [0.3, 0.4) is 0 Å². The fourth-order valence-electron chi connectivity index (χ4n) is 2.18. The number of benzene rings is 1. The van der Waals surface area contributed by atoms with Crippen LogP contribution >= 0.6 is 0 Å². The molecule has 3 heteroatoms. The molecule has 0 amide bonds. The first-order chi connectivity index (χ1) is 9.83. The van der Waals surface area contributed by atoms with E-state index in [9.17, 15) is 0 Å². The molecule has 0 spiro atoms. The van der Waals surface area contributed by atoms with Crippen LogP contribution in [0.2, 0.25) is 0 Å². The van der Waals surface area contributed by atoms with Gasteiger partial charge in [-0.2, -0.15) is 0 Å². The summed E-state index contributed by atoms with van der Waals surface area (Å²) in [6.45, 7) is 15.1. The summed E-state index contributed by atoms with van der Waals surface area (Å²) >= 11 is 0. The van der Waals surface area contributed by atoms with Crippen molar-refractivity contribution in [3.63, 3.8) is 0 Å². The quantitative estimate of drug-likeness (QED) is 0.685. The van der Waals surface area contributed by atoms with Gasteiger partial charge in [-0.05, 0) is 64.7 Å². The van der Waals surface area contributed by atoms with E-state index in [0.29, 0.717) is 18.3 Å². The summed E-state index contributed by atoms with van der Waals surface area (Å²) in [5.74, 6) is 2.86. The van der Waals surface area contributed by atoms with Crippen molar-refractivity contribution in [3.8, 4) is 17.2 Å². The smallest absolute Gasteiger partial charge is 0.203 e. The van der Waals surface area contributed by atoms with E-state index < -0.39 is 0 Å². The predicted octanol–water partition coefficient (Wildman–Crippen LogP) is 4.86. The second kappa shape index (κ2) is 8.16. The molecule has 0 aliphatic rings. The predicted molar refractivity (Wildman–Crippen MR) is 87.7 cm³/mol. The van der Waals surface area contributed by atoms with E-state index in [1.165, 1.54) is 5.56 Å². The van der Waals surface area contributed by atoms with Gasteiger partial charge in [-0.15, -0.1) is 0 Å². The van der Waals surface area contributed by atoms with E-state index in [1.54, 1.807) is 0 Å². The van der Waals surface area contributed by atoms with Gasteiger partial charge in [-0.1, -0.05) is 13.8 Å². The van der Waals surface area contributed by atoms with E-state index in [0.717, 1.165) is 17.9 Å². The molecule has 0 saturated heterocycles. The molecular weight excluding hydrogens is 264 g/mol. The molecule has 0 heterocycles. The first kappa shape index (κ1) is 17.7. The van der Waals surface area contributed by atoms with Gasteiger partial charge in [0.15, 0.2) is 11.5 Å². The minimum atomic E-state index is 0.0784. The maximum Gasteiger partial charge on any atom is 0.203 e. The maximum atomic E-state index is 5.95. The summed E-state index contributed by atoms with van der Waals surface area (Å²) in [7, 11) is 0. The molecule has 0 atom stereocenters. The molecule has 1 aromatic carbocycles. The Bertz CT molecular complexity index is 436. The van der Waals surface area contributed by atoms with Crippen molar-refractivity contribution in [1.82, 2.24) is 0 Å². The van der Waals surface area contributed by atoms with Crippen LogP contribution in [0.25, 0.3) is 0 Å². The monoisotopic (exact) mass is 294 g/mol. The summed E-state index contributed by atoms with van der Waals surface area (Å²) < 4.78 is 17.7. The summed E-state index contributed by atoms with van der Waals surface area (Å²) in [5, 5.41) is 0. The van der Waals surface area contributed by atoms with Crippen LogP contribution in [0.5, 0.6) is 17.2 Å². The fourth-order valence-corrected chi connectivity index (χ4v) is 2.18. The highest BCUT2D eigenvalue weighted by atomic mass is 16.5. The minimum absolute atomic E-state index is 0.0784. The van der Waals surface area contributed by atoms with Crippen molar-refractivity contribution < 1.29 is 14.2 Å². The lowest BCUT2D eigenvalue weighted by molar-refractivity contribution is 0.188. The van der Waals surface area contributed by atoms with Crippen molar-refractivity contribution in [2.75, 3.05) is 6.61 Å². The Morgan fingerprint density at radius 2 is 1.43 bits per heavy atom. The third kappa shape index (κ3) is 5.86. The molecule has 3 nitrogen and oxygen atoms in total. The lowest BCUT2D eigenvalue weighted by Crippen LogP contribution is -2.13. The molecule has 0 aliphatic carbocycles. The Morgan fingerprint density at radius 3 is 1.90 bits per heavy atom. The zero-order valence-electron chi connectivity index (χ0n) is 14.5. The molecule has 0 unspecified atom stereocenters. The van der Waals surface area contributed by atoms with Crippen LogP contribution in [-0.4, -0.2) is 18.8 Å². The number of hydrogen-bond acceptors (Lipinski definition) is 3. The van der Waals surface area contributed by atoms with E-state index in [2.05, 4.69) is 26.0 Å². The fraction of sp³-hybridized carbons (Fsp3) is 0.667. The maximum absolute atomic E-state index is 5.95. The second-order valence-corrected chi connectivity index (χ2v) is 6.29. The Kier molecular flexibility index (Phi) is 6.86. The van der Waals surface area contributed by atoms with Crippen LogP contribution < -0.4 is 14.2 Å². The zero-order chi connectivity index (χ0) is 16.0. The largest absolute Gasteiger partial charge is 0.490 e. The van der Waals surface area contributed by atoms with Crippen molar-refractivity contribution >= 4 is 0 Å². The van der Waals surface area contributed by atoms with Gasteiger partial charge in [0.05, 0.1) is 18.8 Å². The highest BCUT2D eigenvalue weighted by molar-refractivity contribution is 5.54. The van der Waals surface area contributed by atoms with Crippen LogP contribution in [0.15, 0.2) is 12.1 Å². The van der Waals surface area contributed by atoms with Crippen LogP contribution in [-0.2, 0) is 6.42 Å². The third-order valence-corrected chi connectivity index (χ3v) is 2.74. The molecular formula is C18H30O3. The third-order valence-electron chi connectivity index (χ3n) is 2.74. The lowest BCUT2D eigenvalue weighted by atomic mass is 10.0. The SMILES string of the molecule is CCOc1cc(CC(C)C)cc(OC(C)C)c1OC(C)C. The molecule has 0 saturated carbocycles. The second-order valence-electron chi connectivity index (χ2n) is 6.29. The van der Waals surface area contributed by atoms with E-state index in [-0.39, 0.29) is 12.2 Å². The summed E-state index contributed by atoms with van der Waals surface area (Å²) in [5.41, 5.74) is 1.22. The van der Waals surface area contributed by atoms with Gasteiger partial charge in [0.1, 0.15) is 0 Å². The van der Waals surface area contributed by atoms with Gasteiger partial charge in [0.2, 0.25) is 5.75 Å². The van der Waals surface area contributed by atoms with Crippen molar-refractivity contribution in [1.29, 1.82) is 0 Å². The summed E-state index contributed by atoms with van der Waals surface area (Å²) in [6, 6.07) is 4.16. The summed E-state index contributed by atoms with van der Waals surface area (Å²) in [4.78, 5) is 0. The Labute approximate surface area is 129 Å². The zero-order valence-corrected chi connectivity index (χ0v) is 14.5. The Morgan fingerprint density at radius 1 is 0.857 bits per heavy atom. The van der Waals surface area contributed by atoms with Crippen LogP contribution in [0.1, 0.15) is 54.0 Å². The molecule has 120 valence electrons. The first-order valence-corrected chi connectivity index (χ1v) is 7.96. The molecule has 0 fully saturated rings. The normalized spacial score (nSPS) is 11.3. The topological polar surface area (TPSA) is 27.7 Å². The molecule has 1 aromatic rings. The average molecular weight is 294 g/mol. The van der Waals surface area contributed by atoms with Crippen molar-refractivity contribution in [2.45, 2.75) is 67.1 Å². The number of ether oxygens (including phenoxy) is 3. The molecule has 0 bridgehead atoms. The Hall–Kier alpha value is -1.38. The van der Waals surface area contributed by atoms with Gasteiger partial charge >= 0.3 is 0 Å². The van der Waals surface area contributed by atoms with E-state index >= 15 is 0 Å². The van der Waals surface area contributed by atoms with Gasteiger partial charge in [0, 0.05) is 0 Å². The molecule has 21 heavy (non-hydrogen) atoms. The van der Waals surface area contributed by atoms with E-state index in [1.807, 2.05) is 34.6 Å². The van der Waals surface area contributed by atoms with Gasteiger partial charge in [-0.3, -0.25) is 0 Å². The van der Waals surface area contributed by atoms with Gasteiger partial charge in [0.25, 0.3) is 0 Å². The van der Waals surface area contributed by atoms with Crippen molar-refractivity contribution in [3.05, 3.63) is 17.7 Å². The average Bonchev–Trinajstić information content (AvgIpc) is 2.31. The van der Waals surface area contributed by atoms with Crippen LogP contribution in [0.4, 0.5) is 0 Å². The molecule has 0 radical (unpaired) electrons. The van der Waals surface area contributed by atoms with E-state index in [4.69, 9.17) is 14.2 Å².